The molecule has 3 heterocycles. The number of hydrogen-bond donors (Lipinski definition) is 1. The van der Waals surface area contributed by atoms with Gasteiger partial charge in [-0.25, -0.2) is 0 Å². The summed E-state index contributed by atoms with van der Waals surface area (Å²) in [4.78, 5) is 21.0. The molecule has 0 saturated heterocycles. The number of rotatable bonds is 7. The van der Waals surface area contributed by atoms with Crippen molar-refractivity contribution in [2.75, 3.05) is 6.61 Å². The number of aliphatic imine (C=N–C) groups is 1. The van der Waals surface area contributed by atoms with E-state index in [2.05, 4.69) is 15.1 Å². The van der Waals surface area contributed by atoms with Crippen LogP contribution in [0.3, 0.4) is 0 Å². The summed E-state index contributed by atoms with van der Waals surface area (Å²) in [5.74, 6) is -0.550. The van der Waals surface area contributed by atoms with Gasteiger partial charge < -0.3 is 8.92 Å². The third kappa shape index (κ3) is 5.01. The monoisotopic (exact) mass is 533 g/mol. The molecule has 0 saturated carbocycles. The first-order valence-electron chi connectivity index (χ1n) is 11.0. The molecule has 0 unspecified atom stereocenters. The van der Waals surface area contributed by atoms with E-state index in [1.807, 2.05) is 6.07 Å². The highest BCUT2D eigenvalue weighted by Gasteiger charge is 2.36. The molecule has 1 N–H and O–H groups in total. The van der Waals surface area contributed by atoms with Gasteiger partial charge in [0.25, 0.3) is 5.91 Å². The second-order valence-corrected chi connectivity index (χ2v) is 10.2. The molecule has 0 atom stereocenters. The Bertz CT molecular complexity index is 1590. The van der Waals surface area contributed by atoms with Crippen LogP contribution in [-0.4, -0.2) is 47.0 Å². The van der Waals surface area contributed by atoms with Crippen molar-refractivity contribution in [1.82, 2.24) is 9.99 Å². The number of hydrazone groups is 1. The van der Waals surface area contributed by atoms with Crippen molar-refractivity contribution in [3.8, 4) is 11.5 Å². The molecule has 3 aromatic rings. The van der Waals surface area contributed by atoms with Gasteiger partial charge in [-0.15, -0.1) is 0 Å². The normalized spacial score (nSPS) is 16.4. The van der Waals surface area contributed by atoms with Gasteiger partial charge >= 0.3 is 10.1 Å². The summed E-state index contributed by atoms with van der Waals surface area (Å²) >= 11 is 1.18. The van der Waals surface area contributed by atoms with E-state index in [1.165, 1.54) is 47.1 Å². The zero-order valence-electron chi connectivity index (χ0n) is 19.4. The molecule has 2 aromatic carbocycles. The number of ether oxygens (including phenoxy) is 1. The number of aromatic nitrogens is 1. The summed E-state index contributed by atoms with van der Waals surface area (Å²) in [6.07, 6.45) is 4.76. The Morgan fingerprint density at radius 3 is 2.62 bits per heavy atom. The van der Waals surface area contributed by atoms with Crippen molar-refractivity contribution in [1.29, 1.82) is 5.41 Å². The third-order valence-electron chi connectivity index (χ3n) is 5.17. The molecular formula is C25H19N5O5S2. The van der Waals surface area contributed by atoms with Crippen LogP contribution in [0.15, 0.2) is 93.6 Å². The Morgan fingerprint density at radius 2 is 1.89 bits per heavy atom. The molecule has 0 fully saturated rings. The van der Waals surface area contributed by atoms with E-state index < -0.39 is 16.0 Å². The average Bonchev–Trinajstić information content (AvgIpc) is 3.33. The highest BCUT2D eigenvalue weighted by molar-refractivity contribution is 8.27. The van der Waals surface area contributed by atoms with Crippen LogP contribution in [0.5, 0.6) is 11.5 Å². The number of nitrogens with zero attached hydrogens (tertiary/aromatic N) is 4. The predicted molar refractivity (Wildman–Crippen MR) is 140 cm³/mol. The molecule has 12 heteroatoms. The molecular weight excluding hydrogens is 514 g/mol. The predicted octanol–water partition coefficient (Wildman–Crippen LogP) is 3.92. The molecule has 0 spiro atoms. The maximum absolute atomic E-state index is 12.8. The van der Waals surface area contributed by atoms with Crippen molar-refractivity contribution in [3.05, 3.63) is 89.8 Å². The lowest BCUT2D eigenvalue weighted by molar-refractivity contribution is -0.114. The topological polar surface area (TPSA) is 134 Å². The van der Waals surface area contributed by atoms with Gasteiger partial charge in [0.15, 0.2) is 17.3 Å². The summed E-state index contributed by atoms with van der Waals surface area (Å²) < 4.78 is 36.3. The Kier molecular flexibility index (Phi) is 6.59. The maximum atomic E-state index is 12.8. The minimum atomic E-state index is -4.08. The molecule has 37 heavy (non-hydrogen) atoms. The van der Waals surface area contributed by atoms with Gasteiger partial charge in [-0.3, -0.25) is 15.2 Å². The average molecular weight is 534 g/mol. The fourth-order valence-electron chi connectivity index (χ4n) is 3.47. The smallest absolute Gasteiger partial charge is 0.339 e. The van der Waals surface area contributed by atoms with Crippen LogP contribution in [0.4, 0.5) is 0 Å². The largest absolute Gasteiger partial charge is 0.490 e. The number of amidine groups is 2. The van der Waals surface area contributed by atoms with E-state index in [4.69, 9.17) is 14.3 Å². The van der Waals surface area contributed by atoms with E-state index in [9.17, 15) is 13.2 Å². The van der Waals surface area contributed by atoms with Crippen LogP contribution >= 0.6 is 11.8 Å². The fourth-order valence-corrected chi connectivity index (χ4v) is 5.31. The van der Waals surface area contributed by atoms with Gasteiger partial charge in [-0.2, -0.15) is 23.5 Å². The van der Waals surface area contributed by atoms with Gasteiger partial charge in [0.2, 0.25) is 5.17 Å². The molecule has 2 aliphatic rings. The molecule has 0 aliphatic carbocycles. The van der Waals surface area contributed by atoms with Gasteiger partial charge in [0.1, 0.15) is 9.94 Å². The van der Waals surface area contributed by atoms with Crippen molar-refractivity contribution < 1.29 is 22.1 Å². The lowest BCUT2D eigenvalue weighted by atomic mass is 10.1. The summed E-state index contributed by atoms with van der Waals surface area (Å²) in [7, 11) is -4.08. The molecule has 2 aliphatic heterocycles. The van der Waals surface area contributed by atoms with Gasteiger partial charge in [0.05, 0.1) is 12.2 Å². The number of thioether (sulfide) groups is 1. The van der Waals surface area contributed by atoms with Crippen LogP contribution in [0.1, 0.15) is 18.1 Å². The van der Waals surface area contributed by atoms with E-state index in [1.54, 1.807) is 49.6 Å². The van der Waals surface area contributed by atoms with Gasteiger partial charge in [0, 0.05) is 18.0 Å². The first-order valence-corrected chi connectivity index (χ1v) is 13.2. The number of nitrogens with one attached hydrogen (secondary N) is 1. The van der Waals surface area contributed by atoms with Crippen molar-refractivity contribution in [2.45, 2.75) is 11.8 Å². The van der Waals surface area contributed by atoms with Crippen LogP contribution < -0.4 is 8.92 Å². The first kappa shape index (κ1) is 24.4. The van der Waals surface area contributed by atoms with E-state index in [-0.39, 0.29) is 39.6 Å². The first-order chi connectivity index (χ1) is 17.9. The lowest BCUT2D eigenvalue weighted by Gasteiger charge is -2.20. The van der Waals surface area contributed by atoms with Crippen LogP contribution in [0.25, 0.3) is 6.08 Å². The highest BCUT2D eigenvalue weighted by atomic mass is 32.2. The number of fused-ring (bicyclic) bond motifs is 1. The van der Waals surface area contributed by atoms with Crippen molar-refractivity contribution in [2.24, 2.45) is 10.1 Å². The minimum Gasteiger partial charge on any atom is -0.490 e. The summed E-state index contributed by atoms with van der Waals surface area (Å²) in [6.45, 7) is 2.00. The quantitative estimate of drug-likeness (QED) is 0.357. The van der Waals surface area contributed by atoms with E-state index >= 15 is 0 Å². The Hall–Kier alpha value is -4.29. The summed E-state index contributed by atoms with van der Waals surface area (Å²) in [5.41, 5.74) is 1.26. The fraction of sp³-hybridized carbons (Fsp3) is 0.0800. The summed E-state index contributed by atoms with van der Waals surface area (Å²) in [6, 6.07) is 15.9. The maximum Gasteiger partial charge on any atom is 0.339 e. The molecule has 1 amide bonds. The third-order valence-corrected chi connectivity index (χ3v) is 7.38. The number of benzene rings is 2. The van der Waals surface area contributed by atoms with Gasteiger partial charge in [-0.05, 0) is 66.7 Å². The Labute approximate surface area is 217 Å². The molecule has 1 aromatic heterocycles. The molecule has 186 valence electrons. The number of hydrogen-bond acceptors (Lipinski definition) is 9. The zero-order chi connectivity index (χ0) is 26.0. The number of carbonyl (C=O) groups is 1. The van der Waals surface area contributed by atoms with Crippen molar-refractivity contribution in [3.63, 3.8) is 0 Å². The summed E-state index contributed by atoms with van der Waals surface area (Å²) in [5, 5.41) is 15.2. The Balaban J connectivity index is 1.44. The second kappa shape index (κ2) is 9.99. The molecule has 0 bridgehead atoms. The van der Waals surface area contributed by atoms with Crippen molar-refractivity contribution >= 4 is 49.9 Å². The molecule has 10 nitrogen and oxygen atoms in total. The van der Waals surface area contributed by atoms with E-state index in [0.29, 0.717) is 10.6 Å². The SMILES string of the molecule is CCOc1cc(C=C2C(=N)N3N=C(c4cccnc4)SC3=NC2=O)ccc1OS(=O)(=O)c1ccccc1. The lowest BCUT2D eigenvalue weighted by Crippen LogP contribution is -2.35. The molecule has 0 radical (unpaired) electrons. The minimum absolute atomic E-state index is 0.000127. The van der Waals surface area contributed by atoms with Crippen LogP contribution in [-0.2, 0) is 14.9 Å². The van der Waals surface area contributed by atoms with E-state index in [0.717, 1.165) is 5.56 Å². The molecule has 5 rings (SSSR count). The van der Waals surface area contributed by atoms with Crippen LogP contribution in [0.2, 0.25) is 0 Å². The number of pyridine rings is 1. The zero-order valence-corrected chi connectivity index (χ0v) is 21.0. The standard InChI is InChI=1S/C25H19N5O5S2/c1-2-34-21-14-16(10-11-20(21)35-37(32,33)18-8-4-3-5-9-18)13-19-22(26)30-25(28-23(19)31)36-24(29-30)17-7-6-12-27-15-17/h3-15,26H,2H2,1H3. The van der Waals surface area contributed by atoms with Crippen LogP contribution in [0, 0.1) is 5.41 Å². The highest BCUT2D eigenvalue weighted by Crippen LogP contribution is 2.34. The Morgan fingerprint density at radius 1 is 1.08 bits per heavy atom. The van der Waals surface area contributed by atoms with Gasteiger partial charge in [-0.1, -0.05) is 24.3 Å². The number of carbonyl (C=O) groups excluding carboxylic acids is 1. The number of amides is 1. The second-order valence-electron chi connectivity index (χ2n) is 7.66.